The Bertz CT molecular complexity index is 496. The second-order valence-corrected chi connectivity index (χ2v) is 6.21. The summed E-state index contributed by atoms with van der Waals surface area (Å²) in [6, 6.07) is 6.90. The van der Waals surface area contributed by atoms with E-state index in [9.17, 15) is 4.79 Å². The van der Waals surface area contributed by atoms with Gasteiger partial charge in [-0.15, -0.1) is 0 Å². The third-order valence-electron chi connectivity index (χ3n) is 4.69. The number of carbonyl (C=O) groups excluding carboxylic acids is 1. The highest BCUT2D eigenvalue weighted by Crippen LogP contribution is 2.33. The van der Waals surface area contributed by atoms with Crippen molar-refractivity contribution in [2.75, 3.05) is 19.0 Å². The Hall–Kier alpha value is -1.35. The monoisotopic (exact) mass is 274 g/mol. The molecule has 0 saturated heterocycles. The van der Waals surface area contributed by atoms with Crippen LogP contribution in [-0.2, 0) is 11.2 Å². The van der Waals surface area contributed by atoms with Gasteiger partial charge in [0.15, 0.2) is 0 Å². The van der Waals surface area contributed by atoms with Crippen LogP contribution >= 0.6 is 0 Å². The van der Waals surface area contributed by atoms with Gasteiger partial charge in [-0.05, 0) is 42.5 Å². The van der Waals surface area contributed by atoms with Crippen molar-refractivity contribution in [3.63, 3.8) is 0 Å². The van der Waals surface area contributed by atoms with Crippen LogP contribution in [0.2, 0.25) is 0 Å². The first-order chi connectivity index (χ1) is 9.45. The fourth-order valence-corrected chi connectivity index (χ4v) is 2.99. The highest BCUT2D eigenvalue weighted by molar-refractivity contribution is 5.95. The summed E-state index contributed by atoms with van der Waals surface area (Å²) >= 11 is 0. The Labute approximate surface area is 122 Å². The first kappa shape index (κ1) is 15.0. The molecule has 0 saturated carbocycles. The predicted octanol–water partition coefficient (Wildman–Crippen LogP) is 3.15. The molecule has 1 aromatic rings. The van der Waals surface area contributed by atoms with E-state index in [0.29, 0.717) is 24.3 Å². The Morgan fingerprint density at radius 2 is 1.90 bits per heavy atom. The highest BCUT2D eigenvalue weighted by Gasteiger charge is 2.24. The van der Waals surface area contributed by atoms with Crippen LogP contribution in [0.25, 0.3) is 0 Å². The van der Waals surface area contributed by atoms with E-state index in [1.165, 1.54) is 11.1 Å². The van der Waals surface area contributed by atoms with Crippen LogP contribution in [0.1, 0.15) is 44.4 Å². The van der Waals surface area contributed by atoms with Crippen LogP contribution in [0.4, 0.5) is 5.69 Å². The molecule has 1 aliphatic heterocycles. The van der Waals surface area contributed by atoms with Gasteiger partial charge < -0.3 is 10.2 Å². The topological polar surface area (TPSA) is 32.3 Å². The summed E-state index contributed by atoms with van der Waals surface area (Å²) in [5.41, 5.74) is 3.69. The number of hydrogen-bond acceptors (Lipinski definition) is 2. The molecule has 0 bridgehead atoms. The van der Waals surface area contributed by atoms with Crippen LogP contribution in [-0.4, -0.2) is 20.0 Å². The lowest BCUT2D eigenvalue weighted by Crippen LogP contribution is -2.32. The average molecular weight is 274 g/mol. The normalized spacial score (nSPS) is 18.1. The van der Waals surface area contributed by atoms with E-state index < -0.39 is 0 Å². The van der Waals surface area contributed by atoms with Gasteiger partial charge in [0, 0.05) is 25.2 Å². The zero-order valence-electron chi connectivity index (χ0n) is 13.2. The van der Waals surface area contributed by atoms with E-state index in [2.05, 4.69) is 44.3 Å². The van der Waals surface area contributed by atoms with Gasteiger partial charge in [-0.25, -0.2) is 0 Å². The number of benzene rings is 1. The molecule has 0 radical (unpaired) electrons. The lowest BCUT2D eigenvalue weighted by Gasteiger charge is -2.30. The maximum atomic E-state index is 11.7. The summed E-state index contributed by atoms with van der Waals surface area (Å²) in [7, 11) is 3.89. The number of carbonyl (C=O) groups is 1. The molecule has 1 amide bonds. The van der Waals surface area contributed by atoms with Crippen molar-refractivity contribution in [1.82, 2.24) is 5.32 Å². The Morgan fingerprint density at radius 3 is 2.50 bits per heavy atom. The first-order valence-corrected chi connectivity index (χ1v) is 7.52. The van der Waals surface area contributed by atoms with E-state index in [0.717, 1.165) is 12.1 Å². The Kier molecular flexibility index (Phi) is 4.48. The molecule has 110 valence electrons. The fraction of sp³-hybridized carbons (Fsp3) is 0.588. The molecular weight excluding hydrogens is 248 g/mol. The van der Waals surface area contributed by atoms with E-state index in [4.69, 9.17) is 0 Å². The number of nitrogens with zero attached hydrogens (tertiary/aromatic N) is 1. The van der Waals surface area contributed by atoms with Gasteiger partial charge in [0.25, 0.3) is 0 Å². The number of aryl methyl sites for hydroxylation is 1. The summed E-state index contributed by atoms with van der Waals surface area (Å²) in [5.74, 6) is 1.42. The molecule has 2 unspecified atom stereocenters. The van der Waals surface area contributed by atoms with Crippen LogP contribution < -0.4 is 10.2 Å². The van der Waals surface area contributed by atoms with Crippen molar-refractivity contribution in [2.45, 2.75) is 39.7 Å². The van der Waals surface area contributed by atoms with E-state index in [-0.39, 0.29) is 5.91 Å². The van der Waals surface area contributed by atoms with Crippen LogP contribution in [0.15, 0.2) is 18.2 Å². The smallest absolute Gasteiger partial charge is 0.227 e. The number of hydrogen-bond donors (Lipinski definition) is 1. The third kappa shape index (κ3) is 2.73. The second kappa shape index (κ2) is 5.96. The molecule has 20 heavy (non-hydrogen) atoms. The maximum absolute atomic E-state index is 11.7. The molecule has 3 heteroatoms. The van der Waals surface area contributed by atoms with Gasteiger partial charge >= 0.3 is 0 Å². The molecule has 0 aromatic heterocycles. The van der Waals surface area contributed by atoms with Gasteiger partial charge in [0.1, 0.15) is 0 Å². The molecule has 1 heterocycles. The largest absolute Gasteiger partial charge is 0.315 e. The number of nitrogens with one attached hydrogen (secondary N) is 1. The lowest BCUT2D eigenvalue weighted by molar-refractivity contribution is -0.118. The molecular formula is C17H26N2O. The molecule has 0 aliphatic carbocycles. The Balaban J connectivity index is 2.33. The first-order valence-electron chi connectivity index (χ1n) is 7.52. The van der Waals surface area contributed by atoms with Gasteiger partial charge in [0.05, 0.1) is 0 Å². The SMILES string of the molecule is CNC(c1ccc2c(c1)CCC(=O)N2C)C(C)C(C)C. The molecule has 0 spiro atoms. The van der Waals surface area contributed by atoms with Crippen LogP contribution in [0, 0.1) is 11.8 Å². The van der Waals surface area contributed by atoms with Crippen molar-refractivity contribution in [3.8, 4) is 0 Å². The van der Waals surface area contributed by atoms with Crippen molar-refractivity contribution in [3.05, 3.63) is 29.3 Å². The minimum atomic E-state index is 0.214. The summed E-state index contributed by atoms with van der Waals surface area (Å²) in [5, 5.41) is 3.45. The summed E-state index contributed by atoms with van der Waals surface area (Å²) in [6.07, 6.45) is 1.48. The summed E-state index contributed by atoms with van der Waals surface area (Å²) in [4.78, 5) is 13.5. The third-order valence-corrected chi connectivity index (χ3v) is 4.69. The quantitative estimate of drug-likeness (QED) is 0.914. The van der Waals surface area contributed by atoms with Gasteiger partial charge in [-0.1, -0.05) is 32.9 Å². The molecule has 1 aromatic carbocycles. The molecule has 2 atom stereocenters. The minimum absolute atomic E-state index is 0.214. The van der Waals surface area contributed by atoms with E-state index in [1.54, 1.807) is 4.90 Å². The van der Waals surface area contributed by atoms with Crippen LogP contribution in [0.5, 0.6) is 0 Å². The second-order valence-electron chi connectivity index (χ2n) is 6.21. The zero-order chi connectivity index (χ0) is 14.9. The zero-order valence-corrected chi connectivity index (χ0v) is 13.2. The number of rotatable bonds is 4. The number of fused-ring (bicyclic) bond motifs is 1. The molecule has 3 nitrogen and oxygen atoms in total. The lowest BCUT2D eigenvalue weighted by atomic mass is 9.85. The summed E-state index contributed by atoms with van der Waals surface area (Å²) in [6.45, 7) is 6.82. The van der Waals surface area contributed by atoms with Gasteiger partial charge in [-0.2, -0.15) is 0 Å². The maximum Gasteiger partial charge on any atom is 0.227 e. The minimum Gasteiger partial charge on any atom is -0.315 e. The number of amides is 1. The van der Waals surface area contributed by atoms with Crippen molar-refractivity contribution >= 4 is 11.6 Å². The summed E-state index contributed by atoms with van der Waals surface area (Å²) < 4.78 is 0. The molecule has 2 rings (SSSR count). The highest BCUT2D eigenvalue weighted by atomic mass is 16.2. The predicted molar refractivity (Wildman–Crippen MR) is 84.0 cm³/mol. The number of anilines is 1. The standard InChI is InChI=1S/C17H26N2O/c1-11(2)12(3)17(18-4)14-6-8-15-13(10-14)7-9-16(20)19(15)5/h6,8,10-12,17-18H,7,9H2,1-5H3. The van der Waals surface area contributed by atoms with Crippen LogP contribution in [0.3, 0.4) is 0 Å². The molecule has 1 N–H and O–H groups in total. The van der Waals surface area contributed by atoms with Crippen molar-refractivity contribution in [1.29, 1.82) is 0 Å². The van der Waals surface area contributed by atoms with E-state index in [1.807, 2.05) is 14.1 Å². The average Bonchev–Trinajstić information content (AvgIpc) is 2.43. The molecule has 0 fully saturated rings. The van der Waals surface area contributed by atoms with Crippen molar-refractivity contribution < 1.29 is 4.79 Å². The van der Waals surface area contributed by atoms with Gasteiger partial charge in [0.2, 0.25) is 5.91 Å². The molecule has 1 aliphatic rings. The van der Waals surface area contributed by atoms with Gasteiger partial charge in [-0.3, -0.25) is 4.79 Å². The Morgan fingerprint density at radius 1 is 1.20 bits per heavy atom. The van der Waals surface area contributed by atoms with Crippen molar-refractivity contribution in [2.24, 2.45) is 11.8 Å². The van der Waals surface area contributed by atoms with E-state index >= 15 is 0 Å². The fourth-order valence-electron chi connectivity index (χ4n) is 2.99.